The predicted octanol–water partition coefficient (Wildman–Crippen LogP) is 1.51. The van der Waals surface area contributed by atoms with E-state index in [0.717, 1.165) is 19.0 Å². The molecule has 1 heterocycles. The van der Waals surface area contributed by atoms with E-state index in [9.17, 15) is 13.6 Å². The quantitative estimate of drug-likeness (QED) is 0.895. The molecule has 1 saturated heterocycles. The molecule has 0 unspecified atom stereocenters. The molecule has 2 N–H and O–H groups in total. The molecule has 1 amide bonds. The summed E-state index contributed by atoms with van der Waals surface area (Å²) >= 11 is 1.45. The van der Waals surface area contributed by atoms with Crippen molar-refractivity contribution >= 4 is 17.7 Å². The lowest BCUT2D eigenvalue weighted by Crippen LogP contribution is -2.81. The van der Waals surface area contributed by atoms with Gasteiger partial charge in [0.15, 0.2) is 0 Å². The number of quaternary nitrogens is 1. The van der Waals surface area contributed by atoms with Crippen molar-refractivity contribution in [1.82, 2.24) is 4.90 Å². The van der Waals surface area contributed by atoms with Crippen LogP contribution in [0.3, 0.4) is 0 Å². The van der Waals surface area contributed by atoms with Gasteiger partial charge in [-0.2, -0.15) is 0 Å². The number of carbonyl (C=O) groups excluding carboxylic acids is 1. The van der Waals surface area contributed by atoms with Crippen LogP contribution in [0.2, 0.25) is 0 Å². The molecule has 20 heavy (non-hydrogen) atoms. The van der Waals surface area contributed by atoms with Gasteiger partial charge in [0.05, 0.1) is 25.4 Å². The molecule has 3 nitrogen and oxygen atoms in total. The fourth-order valence-electron chi connectivity index (χ4n) is 2.30. The molecule has 0 aromatic heterocycles. The molecular weight excluding hydrogens is 282 g/mol. The Morgan fingerprint density at radius 2 is 2.15 bits per heavy atom. The highest BCUT2D eigenvalue weighted by molar-refractivity contribution is 8.01. The van der Waals surface area contributed by atoms with E-state index in [1.165, 1.54) is 23.9 Å². The van der Waals surface area contributed by atoms with Gasteiger partial charge in [-0.25, -0.2) is 8.78 Å². The lowest BCUT2D eigenvalue weighted by Gasteiger charge is -2.23. The Kier molecular flexibility index (Phi) is 4.99. The molecule has 1 fully saturated rings. The van der Waals surface area contributed by atoms with Gasteiger partial charge in [0, 0.05) is 11.6 Å². The maximum absolute atomic E-state index is 14.0. The van der Waals surface area contributed by atoms with Crippen LogP contribution in [0, 0.1) is 11.6 Å². The van der Waals surface area contributed by atoms with E-state index in [4.69, 9.17) is 0 Å². The number of benzene rings is 1. The maximum Gasteiger partial charge on any atom is 0.237 e. The van der Waals surface area contributed by atoms with Crippen LogP contribution in [-0.4, -0.2) is 36.2 Å². The molecule has 0 bridgehead atoms. The number of hydrogen-bond acceptors (Lipinski definition) is 2. The first-order valence-electron chi connectivity index (χ1n) is 6.77. The van der Waals surface area contributed by atoms with Gasteiger partial charge in [-0.15, -0.1) is 11.8 Å². The molecule has 110 valence electrons. The standard InChI is InChI=1S/C14H18F2N2OS/c1-3-12-13(19)18(7-6-17-2)14(20-12)10-5-4-9(15)8-11(10)16/h4-5,8,12,14,17H,3,6-7H2,1-2H3/p+1/t12-,14+/m0/s1. The van der Waals surface area contributed by atoms with E-state index in [1.54, 1.807) is 4.90 Å². The highest BCUT2D eigenvalue weighted by Gasteiger charge is 2.40. The first kappa shape index (κ1) is 15.3. The molecule has 1 aromatic rings. The molecule has 0 radical (unpaired) electrons. The number of amides is 1. The summed E-state index contributed by atoms with van der Waals surface area (Å²) in [6, 6.07) is 3.56. The van der Waals surface area contributed by atoms with E-state index in [-0.39, 0.29) is 16.5 Å². The average molecular weight is 301 g/mol. The smallest absolute Gasteiger partial charge is 0.237 e. The minimum absolute atomic E-state index is 0.0491. The number of rotatable bonds is 5. The SMILES string of the molecule is CC[C@@H]1S[C@H](c2ccc(F)cc2F)N(CC[NH2+]C)C1=O. The van der Waals surface area contributed by atoms with E-state index in [1.807, 2.05) is 19.3 Å². The number of likely N-dealkylation sites (N-methyl/N-ethyl adjacent to an activating group) is 1. The maximum atomic E-state index is 14.0. The van der Waals surface area contributed by atoms with Crippen molar-refractivity contribution in [2.45, 2.75) is 24.0 Å². The molecule has 0 saturated carbocycles. The minimum atomic E-state index is -0.596. The summed E-state index contributed by atoms with van der Waals surface area (Å²) in [6.07, 6.45) is 0.717. The molecule has 0 aliphatic carbocycles. The Morgan fingerprint density at radius 1 is 1.40 bits per heavy atom. The van der Waals surface area contributed by atoms with Crippen LogP contribution in [0.15, 0.2) is 18.2 Å². The number of halogens is 2. The van der Waals surface area contributed by atoms with Crippen LogP contribution in [0.4, 0.5) is 8.78 Å². The normalized spacial score (nSPS) is 22.6. The highest BCUT2D eigenvalue weighted by atomic mass is 32.2. The number of nitrogens with two attached hydrogens (primary N) is 1. The van der Waals surface area contributed by atoms with Crippen LogP contribution in [0.5, 0.6) is 0 Å². The Labute approximate surface area is 121 Å². The predicted molar refractivity (Wildman–Crippen MR) is 75.2 cm³/mol. The highest BCUT2D eigenvalue weighted by Crippen LogP contribution is 2.44. The van der Waals surface area contributed by atoms with Gasteiger partial charge in [-0.1, -0.05) is 13.0 Å². The van der Waals surface area contributed by atoms with Gasteiger partial charge >= 0.3 is 0 Å². The van der Waals surface area contributed by atoms with Crippen molar-refractivity contribution in [3.05, 3.63) is 35.4 Å². The zero-order valence-electron chi connectivity index (χ0n) is 11.6. The Bertz CT molecular complexity index is 498. The van der Waals surface area contributed by atoms with Crippen molar-refractivity contribution < 1.29 is 18.9 Å². The molecule has 2 atom stereocenters. The second-order valence-electron chi connectivity index (χ2n) is 4.78. The summed E-state index contributed by atoms with van der Waals surface area (Å²) in [5, 5.41) is 1.49. The molecule has 0 spiro atoms. The van der Waals surface area contributed by atoms with Crippen molar-refractivity contribution in [1.29, 1.82) is 0 Å². The summed E-state index contributed by atoms with van der Waals surface area (Å²) in [5.41, 5.74) is 0.386. The van der Waals surface area contributed by atoms with E-state index < -0.39 is 11.6 Å². The molecule has 1 aliphatic rings. The second-order valence-corrected chi connectivity index (χ2v) is 6.07. The zero-order chi connectivity index (χ0) is 14.7. The van der Waals surface area contributed by atoms with Crippen LogP contribution in [0.1, 0.15) is 24.3 Å². The third-order valence-corrected chi connectivity index (χ3v) is 5.02. The van der Waals surface area contributed by atoms with Crippen molar-refractivity contribution in [3.63, 3.8) is 0 Å². The fraction of sp³-hybridized carbons (Fsp3) is 0.500. The van der Waals surface area contributed by atoms with Crippen molar-refractivity contribution in [2.75, 3.05) is 20.1 Å². The molecule has 1 aliphatic heterocycles. The van der Waals surface area contributed by atoms with Crippen LogP contribution >= 0.6 is 11.8 Å². The van der Waals surface area contributed by atoms with Crippen LogP contribution < -0.4 is 5.32 Å². The summed E-state index contributed by atoms with van der Waals surface area (Å²) < 4.78 is 27.0. The zero-order valence-corrected chi connectivity index (χ0v) is 12.4. The lowest BCUT2D eigenvalue weighted by molar-refractivity contribution is -0.626. The third kappa shape index (κ3) is 2.96. The summed E-state index contributed by atoms with van der Waals surface area (Å²) in [6.45, 7) is 3.28. The Hall–Kier alpha value is -1.14. The summed E-state index contributed by atoms with van der Waals surface area (Å²) in [4.78, 5) is 14.0. The molecule has 6 heteroatoms. The van der Waals surface area contributed by atoms with Gasteiger partial charge in [0.2, 0.25) is 5.91 Å². The monoisotopic (exact) mass is 301 g/mol. The van der Waals surface area contributed by atoms with Gasteiger partial charge < -0.3 is 10.2 Å². The minimum Gasteiger partial charge on any atom is -0.347 e. The van der Waals surface area contributed by atoms with Gasteiger partial charge in [-0.3, -0.25) is 4.79 Å². The van der Waals surface area contributed by atoms with Gasteiger partial charge in [0.1, 0.15) is 17.0 Å². The van der Waals surface area contributed by atoms with E-state index in [2.05, 4.69) is 0 Å². The summed E-state index contributed by atoms with van der Waals surface area (Å²) in [5.74, 6) is -1.13. The van der Waals surface area contributed by atoms with E-state index in [0.29, 0.717) is 12.1 Å². The molecule has 1 aromatic carbocycles. The largest absolute Gasteiger partial charge is 0.347 e. The molecular formula is C14H19F2N2OS+. The van der Waals surface area contributed by atoms with E-state index >= 15 is 0 Å². The third-order valence-electron chi connectivity index (χ3n) is 3.39. The fourth-order valence-corrected chi connectivity index (χ4v) is 3.75. The van der Waals surface area contributed by atoms with Crippen molar-refractivity contribution in [2.24, 2.45) is 0 Å². The number of nitrogens with zero attached hydrogens (tertiary/aromatic N) is 1. The summed E-state index contributed by atoms with van der Waals surface area (Å²) in [7, 11) is 1.93. The Morgan fingerprint density at radius 3 is 2.75 bits per heavy atom. The van der Waals surface area contributed by atoms with Crippen LogP contribution in [-0.2, 0) is 4.79 Å². The average Bonchev–Trinajstić information content (AvgIpc) is 2.73. The second kappa shape index (κ2) is 6.54. The number of hydrogen-bond donors (Lipinski definition) is 1. The van der Waals surface area contributed by atoms with Gasteiger partial charge in [-0.05, 0) is 12.5 Å². The van der Waals surface area contributed by atoms with Crippen molar-refractivity contribution in [3.8, 4) is 0 Å². The first-order chi connectivity index (χ1) is 9.58. The Balaban J connectivity index is 2.29. The van der Waals surface area contributed by atoms with Gasteiger partial charge in [0.25, 0.3) is 0 Å². The topological polar surface area (TPSA) is 36.9 Å². The first-order valence-corrected chi connectivity index (χ1v) is 7.71. The number of carbonyl (C=O) groups is 1. The number of thioether (sulfide) groups is 1. The van der Waals surface area contributed by atoms with Crippen LogP contribution in [0.25, 0.3) is 0 Å². The lowest BCUT2D eigenvalue weighted by atomic mass is 10.1. The molecule has 2 rings (SSSR count).